The zero-order chi connectivity index (χ0) is 27.9. The number of carbonyl (C=O) groups is 3. The Kier molecular flexibility index (Phi) is 16.7. The highest BCUT2D eigenvalue weighted by molar-refractivity contribution is 5.68. The average Bonchev–Trinajstić information content (AvgIpc) is 3.68. The van der Waals surface area contributed by atoms with Crippen LogP contribution in [0.3, 0.4) is 0 Å². The molecule has 3 fully saturated rings. The first kappa shape index (κ1) is 34.2. The molecule has 0 spiro atoms. The minimum Gasteiger partial charge on any atom is -0.481 e. The van der Waals surface area contributed by atoms with Gasteiger partial charge in [-0.2, -0.15) is 0 Å². The van der Waals surface area contributed by atoms with E-state index >= 15 is 0 Å². The third-order valence-corrected chi connectivity index (χ3v) is 6.48. The van der Waals surface area contributed by atoms with Crippen LogP contribution < -0.4 is 0 Å². The number of aliphatic hydroxyl groups is 3. The maximum atomic E-state index is 10.1. The van der Waals surface area contributed by atoms with E-state index in [0.717, 1.165) is 39.3 Å². The molecular formula is C24H47N3O9. The molecule has 3 unspecified atom stereocenters. The molecule has 3 heterocycles. The quantitative estimate of drug-likeness (QED) is 0.177. The van der Waals surface area contributed by atoms with Crippen molar-refractivity contribution < 1.29 is 45.0 Å². The number of aliphatic hydroxyl groups excluding tert-OH is 3. The van der Waals surface area contributed by atoms with E-state index in [1.54, 1.807) is 0 Å². The monoisotopic (exact) mass is 521 g/mol. The molecular weight excluding hydrogens is 474 g/mol. The molecule has 3 rings (SSSR count). The molecule has 12 heteroatoms. The number of nitrogens with zero attached hydrogens (tertiary/aromatic N) is 3. The number of carboxylic acid groups (broad SMARTS) is 3. The SMILES string of the molecule is CC(CC(=O)O)N1CC1.CC(CC(=O)O)N1CC1.CC(CC(=O)O)N1CC1.CCC(CO)(CO)CO. The Balaban J connectivity index is 0.000000454. The van der Waals surface area contributed by atoms with Gasteiger partial charge in [0.05, 0.1) is 39.1 Å². The molecule has 0 amide bonds. The van der Waals surface area contributed by atoms with Gasteiger partial charge < -0.3 is 30.6 Å². The average molecular weight is 522 g/mol. The summed E-state index contributed by atoms with van der Waals surface area (Å²) in [5, 5.41) is 51.0. The van der Waals surface area contributed by atoms with Gasteiger partial charge in [0.1, 0.15) is 0 Å². The fourth-order valence-electron chi connectivity index (χ4n) is 3.13. The molecule has 6 N–H and O–H groups in total. The third kappa shape index (κ3) is 16.8. The molecule has 12 nitrogen and oxygen atoms in total. The van der Waals surface area contributed by atoms with E-state index in [4.69, 9.17) is 30.6 Å². The van der Waals surface area contributed by atoms with E-state index in [-0.39, 0.29) is 57.2 Å². The highest BCUT2D eigenvalue weighted by atomic mass is 16.4. The standard InChI is InChI=1S/3C6H11NO2.C6H14O3/c3*1-5(4-6(8)9)7-2-3-7;1-2-6(3-7,4-8)5-9/h3*5H,2-4H2,1H3,(H,8,9);7-9H,2-5H2,1H3. The first-order valence-corrected chi connectivity index (χ1v) is 12.5. The summed E-state index contributed by atoms with van der Waals surface area (Å²) in [6, 6.07) is 0.715. The molecule has 36 heavy (non-hydrogen) atoms. The van der Waals surface area contributed by atoms with E-state index < -0.39 is 23.3 Å². The summed E-state index contributed by atoms with van der Waals surface area (Å²) >= 11 is 0. The molecule has 0 aromatic carbocycles. The van der Waals surface area contributed by atoms with Crippen LogP contribution in [0.15, 0.2) is 0 Å². The Bertz CT molecular complexity index is 560. The Morgan fingerprint density at radius 3 is 0.917 bits per heavy atom. The van der Waals surface area contributed by atoms with Crippen molar-refractivity contribution in [2.45, 2.75) is 71.5 Å². The minimum absolute atomic E-state index is 0.156. The summed E-state index contributed by atoms with van der Waals surface area (Å²) in [6.45, 7) is 13.7. The van der Waals surface area contributed by atoms with Crippen molar-refractivity contribution in [3.8, 4) is 0 Å². The van der Waals surface area contributed by atoms with Gasteiger partial charge in [-0.1, -0.05) is 6.92 Å². The van der Waals surface area contributed by atoms with Crippen LogP contribution in [-0.2, 0) is 14.4 Å². The Labute approximate surface area is 214 Å². The first-order valence-electron chi connectivity index (χ1n) is 12.5. The van der Waals surface area contributed by atoms with Gasteiger partial charge in [-0.15, -0.1) is 0 Å². The van der Waals surface area contributed by atoms with Crippen LogP contribution in [0.25, 0.3) is 0 Å². The molecule has 0 bridgehead atoms. The van der Waals surface area contributed by atoms with E-state index in [1.165, 1.54) is 0 Å². The van der Waals surface area contributed by atoms with Crippen LogP contribution >= 0.6 is 0 Å². The molecule has 3 saturated heterocycles. The third-order valence-electron chi connectivity index (χ3n) is 6.48. The van der Waals surface area contributed by atoms with Gasteiger partial charge in [-0.05, 0) is 27.2 Å². The Hall–Kier alpha value is -1.83. The van der Waals surface area contributed by atoms with Crippen molar-refractivity contribution >= 4 is 17.9 Å². The van der Waals surface area contributed by atoms with Gasteiger partial charge in [0.2, 0.25) is 0 Å². The topological polar surface area (TPSA) is 182 Å². The van der Waals surface area contributed by atoms with E-state index in [2.05, 4.69) is 14.7 Å². The lowest BCUT2D eigenvalue weighted by Crippen LogP contribution is -2.32. The summed E-state index contributed by atoms with van der Waals surface area (Å²) < 4.78 is 0. The van der Waals surface area contributed by atoms with E-state index in [9.17, 15) is 14.4 Å². The molecule has 0 aromatic heterocycles. The van der Waals surface area contributed by atoms with E-state index in [1.807, 2.05) is 27.7 Å². The maximum absolute atomic E-state index is 10.1. The van der Waals surface area contributed by atoms with Crippen LogP contribution in [-0.4, -0.2) is 140 Å². The summed E-state index contributed by atoms with van der Waals surface area (Å²) in [5.41, 5.74) is -0.667. The Morgan fingerprint density at radius 1 is 0.611 bits per heavy atom. The van der Waals surface area contributed by atoms with Crippen molar-refractivity contribution in [1.29, 1.82) is 0 Å². The molecule has 3 aliphatic heterocycles. The summed E-state index contributed by atoms with van der Waals surface area (Å²) in [5.74, 6) is -2.10. The summed E-state index contributed by atoms with van der Waals surface area (Å²) in [7, 11) is 0. The molecule has 0 aliphatic carbocycles. The number of hydrogen-bond donors (Lipinski definition) is 6. The number of hydrogen-bond acceptors (Lipinski definition) is 9. The summed E-state index contributed by atoms with van der Waals surface area (Å²) in [4.78, 5) is 36.7. The number of rotatable bonds is 13. The van der Waals surface area contributed by atoms with Gasteiger partial charge >= 0.3 is 17.9 Å². The first-order chi connectivity index (χ1) is 16.8. The smallest absolute Gasteiger partial charge is 0.304 e. The maximum Gasteiger partial charge on any atom is 0.304 e. The van der Waals surface area contributed by atoms with Crippen LogP contribution in [0, 0.1) is 5.41 Å². The van der Waals surface area contributed by atoms with Gasteiger partial charge in [0, 0.05) is 62.8 Å². The lowest BCUT2D eigenvalue weighted by Gasteiger charge is -2.24. The van der Waals surface area contributed by atoms with Crippen molar-refractivity contribution in [1.82, 2.24) is 14.7 Å². The second kappa shape index (κ2) is 17.6. The van der Waals surface area contributed by atoms with Crippen LogP contribution in [0.2, 0.25) is 0 Å². The van der Waals surface area contributed by atoms with E-state index in [0.29, 0.717) is 6.42 Å². The predicted octanol–water partition coefficient (Wildman–Crippen LogP) is -0.145. The normalized spacial score (nSPS) is 19.1. The molecule has 3 aliphatic rings. The van der Waals surface area contributed by atoms with Crippen LogP contribution in [0.4, 0.5) is 0 Å². The second-order valence-corrected chi connectivity index (χ2v) is 9.78. The number of carboxylic acids is 3. The van der Waals surface area contributed by atoms with Gasteiger partial charge in [-0.3, -0.25) is 29.1 Å². The molecule has 212 valence electrons. The lowest BCUT2D eigenvalue weighted by atomic mass is 9.88. The van der Waals surface area contributed by atoms with Gasteiger partial charge in [0.25, 0.3) is 0 Å². The minimum atomic E-state index is -0.700. The Morgan fingerprint density at radius 2 is 0.833 bits per heavy atom. The highest BCUT2D eigenvalue weighted by Crippen LogP contribution is 2.18. The van der Waals surface area contributed by atoms with Crippen LogP contribution in [0.5, 0.6) is 0 Å². The molecule has 0 radical (unpaired) electrons. The van der Waals surface area contributed by atoms with Gasteiger partial charge in [0.15, 0.2) is 0 Å². The van der Waals surface area contributed by atoms with Crippen LogP contribution in [0.1, 0.15) is 53.4 Å². The van der Waals surface area contributed by atoms with Gasteiger partial charge in [-0.25, -0.2) is 0 Å². The molecule has 0 saturated carbocycles. The fraction of sp³-hybridized carbons (Fsp3) is 0.875. The second-order valence-electron chi connectivity index (χ2n) is 9.78. The zero-order valence-electron chi connectivity index (χ0n) is 22.2. The largest absolute Gasteiger partial charge is 0.481 e. The number of aliphatic carboxylic acids is 3. The van der Waals surface area contributed by atoms with Crippen molar-refractivity contribution in [2.75, 3.05) is 59.1 Å². The highest BCUT2D eigenvalue weighted by Gasteiger charge is 2.27. The molecule has 3 atom stereocenters. The molecule has 0 aromatic rings. The summed E-state index contributed by atoms with van der Waals surface area (Å²) in [6.07, 6.45) is 1.43. The fourth-order valence-corrected chi connectivity index (χ4v) is 3.13. The predicted molar refractivity (Wildman–Crippen MR) is 134 cm³/mol. The lowest BCUT2D eigenvalue weighted by molar-refractivity contribution is -0.138. The zero-order valence-corrected chi connectivity index (χ0v) is 22.2. The van der Waals surface area contributed by atoms with Crippen molar-refractivity contribution in [2.24, 2.45) is 5.41 Å². The van der Waals surface area contributed by atoms with Crippen molar-refractivity contribution in [3.05, 3.63) is 0 Å². The van der Waals surface area contributed by atoms with Crippen molar-refractivity contribution in [3.63, 3.8) is 0 Å².